The average molecular weight is 474 g/mol. The summed E-state index contributed by atoms with van der Waals surface area (Å²) in [4.78, 5) is 29.3. The van der Waals surface area contributed by atoms with Crippen molar-refractivity contribution >= 4 is 17.5 Å². The first kappa shape index (κ1) is 24.4. The van der Waals surface area contributed by atoms with Crippen LogP contribution in [0.4, 0.5) is 10.5 Å². The molecule has 0 unspecified atom stereocenters. The fourth-order valence-electron chi connectivity index (χ4n) is 4.03. The number of nitrogens with one attached hydrogen (secondary N) is 1. The summed E-state index contributed by atoms with van der Waals surface area (Å²) in [7, 11) is 0. The van der Waals surface area contributed by atoms with E-state index in [0.29, 0.717) is 49.6 Å². The molecule has 0 bridgehead atoms. The number of ether oxygens (including phenoxy) is 1. The van der Waals surface area contributed by atoms with Crippen LogP contribution in [0.25, 0.3) is 0 Å². The topological polar surface area (TPSA) is 82.1 Å². The number of piperazine rings is 1. The van der Waals surface area contributed by atoms with E-state index in [1.165, 1.54) is 0 Å². The normalized spacial score (nSPS) is 14.9. The molecule has 2 N–H and O–H groups in total. The van der Waals surface area contributed by atoms with Gasteiger partial charge in [0.05, 0.1) is 5.56 Å². The highest BCUT2D eigenvalue weighted by Gasteiger charge is 2.23. The van der Waals surface area contributed by atoms with Crippen LogP contribution in [0.5, 0.6) is 5.75 Å². The standard InChI is InChI=1S/C28H31N3O4/c1-21-11-13-23(14-12-21)29-28(34)31-17-15-30(16-18-31)19-24(32)20-35-26-10-6-5-9-25(26)27(33)22-7-3-2-4-8-22/h2-14,24,32H,15-20H2,1H3,(H,29,34)/t24-/m1/s1. The van der Waals surface area contributed by atoms with E-state index in [0.717, 1.165) is 11.3 Å². The first-order valence-corrected chi connectivity index (χ1v) is 11.8. The Labute approximate surface area is 205 Å². The van der Waals surface area contributed by atoms with Crippen molar-refractivity contribution in [2.24, 2.45) is 0 Å². The van der Waals surface area contributed by atoms with E-state index in [1.807, 2.05) is 55.5 Å². The Kier molecular flexibility index (Phi) is 8.13. The predicted octanol–water partition coefficient (Wildman–Crippen LogP) is 3.82. The summed E-state index contributed by atoms with van der Waals surface area (Å²) in [6.45, 7) is 5.02. The Morgan fingerprint density at radius 2 is 1.57 bits per heavy atom. The van der Waals surface area contributed by atoms with Gasteiger partial charge in [-0.1, -0.05) is 60.2 Å². The molecule has 3 aromatic carbocycles. The van der Waals surface area contributed by atoms with Crippen LogP contribution in [0, 0.1) is 6.92 Å². The number of anilines is 1. The number of urea groups is 1. The molecule has 0 aliphatic carbocycles. The number of carbonyl (C=O) groups is 2. The molecule has 1 aliphatic heterocycles. The van der Waals surface area contributed by atoms with Crippen molar-refractivity contribution in [1.82, 2.24) is 9.80 Å². The lowest BCUT2D eigenvalue weighted by molar-refractivity contribution is 0.0522. The van der Waals surface area contributed by atoms with E-state index >= 15 is 0 Å². The third-order valence-electron chi connectivity index (χ3n) is 6.03. The van der Waals surface area contributed by atoms with Crippen molar-refractivity contribution < 1.29 is 19.4 Å². The van der Waals surface area contributed by atoms with Crippen LogP contribution in [0.1, 0.15) is 21.5 Å². The maximum Gasteiger partial charge on any atom is 0.321 e. The van der Waals surface area contributed by atoms with Gasteiger partial charge in [0.1, 0.15) is 18.5 Å². The number of aliphatic hydroxyl groups is 1. The fraction of sp³-hybridized carbons (Fsp3) is 0.286. The molecule has 4 rings (SSSR count). The zero-order valence-corrected chi connectivity index (χ0v) is 19.9. The number of nitrogens with zero attached hydrogens (tertiary/aromatic N) is 2. The highest BCUT2D eigenvalue weighted by atomic mass is 16.5. The fourth-order valence-corrected chi connectivity index (χ4v) is 4.03. The van der Waals surface area contributed by atoms with Gasteiger partial charge in [0.15, 0.2) is 5.78 Å². The molecule has 1 aliphatic rings. The molecule has 3 aromatic rings. The first-order valence-electron chi connectivity index (χ1n) is 11.8. The second kappa shape index (κ2) is 11.6. The van der Waals surface area contributed by atoms with Gasteiger partial charge in [0, 0.05) is 44.0 Å². The number of aryl methyl sites for hydroxylation is 1. The van der Waals surface area contributed by atoms with E-state index in [9.17, 15) is 14.7 Å². The Bertz CT molecular complexity index is 1130. The van der Waals surface area contributed by atoms with Gasteiger partial charge in [-0.25, -0.2) is 4.79 Å². The minimum atomic E-state index is -0.720. The Morgan fingerprint density at radius 1 is 0.914 bits per heavy atom. The molecule has 1 fully saturated rings. The second-order valence-corrected chi connectivity index (χ2v) is 8.74. The number of hydrogen-bond acceptors (Lipinski definition) is 5. The number of β-amino-alcohol motifs (C(OH)–C–C–N with tert-alkyl or cyclic N) is 1. The lowest BCUT2D eigenvalue weighted by Crippen LogP contribution is -2.52. The minimum Gasteiger partial charge on any atom is -0.490 e. The summed E-state index contributed by atoms with van der Waals surface area (Å²) in [5.74, 6) is 0.341. The van der Waals surface area contributed by atoms with Gasteiger partial charge >= 0.3 is 6.03 Å². The van der Waals surface area contributed by atoms with E-state index in [-0.39, 0.29) is 18.4 Å². The lowest BCUT2D eigenvalue weighted by Gasteiger charge is -2.35. The average Bonchev–Trinajstić information content (AvgIpc) is 2.89. The Hall–Kier alpha value is -3.68. The molecule has 0 spiro atoms. The van der Waals surface area contributed by atoms with Gasteiger partial charge in [-0.2, -0.15) is 0 Å². The highest BCUT2D eigenvalue weighted by Crippen LogP contribution is 2.22. The summed E-state index contributed by atoms with van der Waals surface area (Å²) in [6, 6.07) is 23.8. The monoisotopic (exact) mass is 473 g/mol. The van der Waals surface area contributed by atoms with Crippen LogP contribution >= 0.6 is 0 Å². The number of carbonyl (C=O) groups excluding carboxylic acids is 2. The van der Waals surface area contributed by atoms with E-state index in [2.05, 4.69) is 10.2 Å². The lowest BCUT2D eigenvalue weighted by atomic mass is 10.0. The molecule has 182 valence electrons. The summed E-state index contributed by atoms with van der Waals surface area (Å²) >= 11 is 0. The molecule has 2 amide bonds. The number of amides is 2. The molecule has 0 saturated carbocycles. The molecule has 7 nitrogen and oxygen atoms in total. The van der Waals surface area contributed by atoms with Crippen molar-refractivity contribution in [1.29, 1.82) is 0 Å². The Balaban J connectivity index is 1.24. The maximum absolute atomic E-state index is 12.9. The van der Waals surface area contributed by atoms with Crippen molar-refractivity contribution in [2.45, 2.75) is 13.0 Å². The van der Waals surface area contributed by atoms with Gasteiger partial charge in [-0.05, 0) is 31.2 Å². The molecular formula is C28H31N3O4. The third kappa shape index (κ3) is 6.68. The summed E-state index contributed by atoms with van der Waals surface area (Å²) in [5.41, 5.74) is 2.99. The van der Waals surface area contributed by atoms with Crippen LogP contribution in [-0.2, 0) is 0 Å². The molecule has 1 saturated heterocycles. The van der Waals surface area contributed by atoms with Gasteiger partial charge < -0.3 is 20.1 Å². The molecule has 1 atom stereocenters. The third-order valence-corrected chi connectivity index (χ3v) is 6.03. The zero-order chi connectivity index (χ0) is 24.6. The van der Waals surface area contributed by atoms with E-state index < -0.39 is 6.10 Å². The summed E-state index contributed by atoms with van der Waals surface area (Å²) < 4.78 is 5.85. The molecule has 1 heterocycles. The molecular weight excluding hydrogens is 442 g/mol. The number of aliphatic hydroxyl groups excluding tert-OH is 1. The number of ketones is 1. The minimum absolute atomic E-state index is 0.0766. The molecule has 0 radical (unpaired) electrons. The highest BCUT2D eigenvalue weighted by molar-refractivity contribution is 6.10. The van der Waals surface area contributed by atoms with Gasteiger partial charge in [-0.3, -0.25) is 9.69 Å². The van der Waals surface area contributed by atoms with Crippen molar-refractivity contribution in [3.63, 3.8) is 0 Å². The van der Waals surface area contributed by atoms with Crippen LogP contribution in [-0.4, -0.2) is 72.2 Å². The van der Waals surface area contributed by atoms with Gasteiger partial charge in [0.25, 0.3) is 0 Å². The smallest absolute Gasteiger partial charge is 0.321 e. The maximum atomic E-state index is 12.9. The van der Waals surface area contributed by atoms with Crippen LogP contribution in [0.15, 0.2) is 78.9 Å². The largest absolute Gasteiger partial charge is 0.490 e. The number of para-hydroxylation sites is 1. The van der Waals surface area contributed by atoms with Crippen molar-refractivity contribution in [3.8, 4) is 5.75 Å². The van der Waals surface area contributed by atoms with Crippen LogP contribution in [0.3, 0.4) is 0 Å². The van der Waals surface area contributed by atoms with E-state index in [1.54, 1.807) is 35.2 Å². The summed E-state index contributed by atoms with van der Waals surface area (Å²) in [6.07, 6.45) is -0.720. The van der Waals surface area contributed by atoms with Gasteiger partial charge in [0.2, 0.25) is 0 Å². The molecule has 0 aromatic heterocycles. The predicted molar refractivity (Wildman–Crippen MR) is 136 cm³/mol. The van der Waals surface area contributed by atoms with Crippen molar-refractivity contribution in [3.05, 3.63) is 95.6 Å². The van der Waals surface area contributed by atoms with Crippen LogP contribution in [0.2, 0.25) is 0 Å². The number of benzene rings is 3. The SMILES string of the molecule is Cc1ccc(NC(=O)N2CCN(C[C@@H](O)COc3ccccc3C(=O)c3ccccc3)CC2)cc1. The number of rotatable bonds is 8. The molecule has 35 heavy (non-hydrogen) atoms. The van der Waals surface area contributed by atoms with E-state index in [4.69, 9.17) is 4.74 Å². The zero-order valence-electron chi connectivity index (χ0n) is 19.9. The van der Waals surface area contributed by atoms with Gasteiger partial charge in [-0.15, -0.1) is 0 Å². The molecule has 7 heteroatoms. The second-order valence-electron chi connectivity index (χ2n) is 8.74. The number of hydrogen-bond donors (Lipinski definition) is 2. The quantitative estimate of drug-likeness (QED) is 0.486. The van der Waals surface area contributed by atoms with Crippen LogP contribution < -0.4 is 10.1 Å². The summed E-state index contributed by atoms with van der Waals surface area (Å²) in [5, 5.41) is 13.5. The first-order chi connectivity index (χ1) is 17.0. The van der Waals surface area contributed by atoms with Crippen molar-refractivity contribution in [2.75, 3.05) is 44.6 Å². The Morgan fingerprint density at radius 3 is 2.29 bits per heavy atom.